The van der Waals surface area contributed by atoms with Gasteiger partial charge in [0.25, 0.3) is 0 Å². The normalized spacial score (nSPS) is 10.5. The van der Waals surface area contributed by atoms with E-state index >= 15 is 0 Å². The van der Waals surface area contributed by atoms with Crippen LogP contribution in [0.1, 0.15) is 41.6 Å². The van der Waals surface area contributed by atoms with Crippen LogP contribution in [0.25, 0.3) is 0 Å². The number of rotatable bonds is 14. The molecule has 0 atom stereocenters. The summed E-state index contributed by atoms with van der Waals surface area (Å²) in [6, 6.07) is 12.5. The maximum absolute atomic E-state index is 12.6. The molecule has 2 aromatic rings. The van der Waals surface area contributed by atoms with Crippen molar-refractivity contribution in [3.05, 3.63) is 82.9 Å². The average Bonchev–Trinajstić information content (AvgIpc) is 2.83. The summed E-state index contributed by atoms with van der Waals surface area (Å²) < 4.78 is 6.72. The van der Waals surface area contributed by atoms with E-state index in [-0.39, 0.29) is 5.78 Å². The lowest BCUT2D eigenvalue weighted by atomic mass is 10.0. The topological polar surface area (TPSA) is 130 Å². The minimum atomic E-state index is -1.26. The minimum Gasteiger partial charge on any atom is -0.494 e. The Morgan fingerprint density at radius 3 is 2.17 bits per heavy atom. The monoisotopic (exact) mass is 560 g/mol. The molecule has 0 aliphatic rings. The van der Waals surface area contributed by atoms with Crippen LogP contribution in [0.4, 0.5) is 5.69 Å². The molecule has 0 aliphatic carbocycles. The fraction of sp³-hybridized carbons (Fsp3) is 0.296. The second kappa shape index (κ2) is 17.1. The Balaban J connectivity index is 0.000000697. The summed E-state index contributed by atoms with van der Waals surface area (Å²) >= 11 is 3.37. The number of anilines is 1. The van der Waals surface area contributed by atoms with E-state index in [4.69, 9.17) is 20.7 Å². The highest BCUT2D eigenvalue weighted by Crippen LogP contribution is 2.23. The number of likely N-dealkylation sites (N-methyl/N-ethyl adjacent to an activating group) is 1. The van der Waals surface area contributed by atoms with E-state index in [0.717, 1.165) is 30.4 Å². The van der Waals surface area contributed by atoms with E-state index in [1.807, 2.05) is 24.3 Å². The van der Waals surface area contributed by atoms with Crippen LogP contribution in [0, 0.1) is 0 Å². The zero-order valence-electron chi connectivity index (χ0n) is 20.4. The van der Waals surface area contributed by atoms with Gasteiger partial charge >= 0.3 is 11.9 Å². The SMILES string of the molecule is C=CCN(C)CCCCCCOc1ccc(C(=O)c2ccc(Br)cc2)c(N)c1.O=C(O)C=CC(=O)O. The standard InChI is InChI=1S/C23H29BrN2O2.C4H4O4/c1-3-14-26(2)15-6-4-5-7-16-28-20-12-13-21(22(25)17-20)23(27)18-8-10-19(24)11-9-18;5-3(6)1-2-4(7)8/h3,8-13,17H,1,4-7,14-16,25H2,2H3;1-2H,(H,5,6)(H,7,8). The number of halogens is 1. The number of carboxylic acids is 2. The number of carbonyl (C=O) groups excluding carboxylic acids is 1. The highest BCUT2D eigenvalue weighted by Gasteiger charge is 2.13. The summed E-state index contributed by atoms with van der Waals surface area (Å²) in [7, 11) is 2.11. The first-order valence-corrected chi connectivity index (χ1v) is 12.2. The molecule has 0 bridgehead atoms. The van der Waals surface area contributed by atoms with Crippen LogP contribution < -0.4 is 10.5 Å². The molecule has 9 heteroatoms. The van der Waals surface area contributed by atoms with Gasteiger partial charge in [-0.1, -0.05) is 34.8 Å². The molecule has 2 rings (SSSR count). The third kappa shape index (κ3) is 12.9. The van der Waals surface area contributed by atoms with E-state index in [9.17, 15) is 14.4 Å². The van der Waals surface area contributed by atoms with E-state index in [2.05, 4.69) is 34.5 Å². The van der Waals surface area contributed by atoms with Gasteiger partial charge in [0.05, 0.1) is 6.61 Å². The lowest BCUT2D eigenvalue weighted by Gasteiger charge is -2.13. The van der Waals surface area contributed by atoms with Gasteiger partial charge in [-0.15, -0.1) is 6.58 Å². The summed E-state index contributed by atoms with van der Waals surface area (Å²) in [5, 5.41) is 15.6. The Kier molecular flexibility index (Phi) is 14.5. The molecular formula is C27H33BrN2O6. The third-order valence-corrected chi connectivity index (χ3v) is 5.41. The van der Waals surface area contributed by atoms with Crippen molar-refractivity contribution < 1.29 is 29.3 Å². The van der Waals surface area contributed by atoms with Crippen molar-refractivity contribution in [1.29, 1.82) is 0 Å². The van der Waals surface area contributed by atoms with Gasteiger partial charge in [-0.3, -0.25) is 4.79 Å². The molecule has 8 nitrogen and oxygen atoms in total. The summed E-state index contributed by atoms with van der Waals surface area (Å²) in [6.45, 7) is 6.43. The summed E-state index contributed by atoms with van der Waals surface area (Å²) in [5.74, 6) is -1.90. The minimum absolute atomic E-state index is 0.0852. The number of hydrogen-bond donors (Lipinski definition) is 3. The number of benzene rings is 2. The lowest BCUT2D eigenvalue weighted by molar-refractivity contribution is -0.134. The summed E-state index contributed by atoms with van der Waals surface area (Å²) in [5.41, 5.74) is 7.64. The molecule has 0 fully saturated rings. The van der Waals surface area contributed by atoms with Crippen molar-refractivity contribution in [3.8, 4) is 5.75 Å². The molecule has 36 heavy (non-hydrogen) atoms. The van der Waals surface area contributed by atoms with Crippen LogP contribution in [-0.2, 0) is 9.59 Å². The molecule has 4 N–H and O–H groups in total. The Hall–Kier alpha value is -3.43. The molecular weight excluding hydrogens is 528 g/mol. The van der Waals surface area contributed by atoms with Gasteiger partial charge in [-0.25, -0.2) is 9.59 Å². The van der Waals surface area contributed by atoms with Crippen molar-refractivity contribution in [3.63, 3.8) is 0 Å². The van der Waals surface area contributed by atoms with Gasteiger partial charge in [0.15, 0.2) is 5.78 Å². The van der Waals surface area contributed by atoms with Gasteiger partial charge in [-0.2, -0.15) is 0 Å². The van der Waals surface area contributed by atoms with Gasteiger partial charge < -0.3 is 25.6 Å². The van der Waals surface area contributed by atoms with E-state index in [0.29, 0.717) is 41.3 Å². The highest BCUT2D eigenvalue weighted by molar-refractivity contribution is 9.10. The molecule has 0 aliphatic heterocycles. The number of carbonyl (C=O) groups is 3. The number of nitrogens with two attached hydrogens (primary N) is 1. The second-order valence-electron chi connectivity index (χ2n) is 7.91. The van der Waals surface area contributed by atoms with Crippen LogP contribution in [0.15, 0.2) is 71.7 Å². The van der Waals surface area contributed by atoms with Crippen LogP contribution in [0.2, 0.25) is 0 Å². The first-order valence-electron chi connectivity index (χ1n) is 11.4. The fourth-order valence-electron chi connectivity index (χ4n) is 3.08. The molecule has 194 valence electrons. The number of nitrogen functional groups attached to an aromatic ring is 1. The molecule has 0 heterocycles. The van der Waals surface area contributed by atoms with Gasteiger partial charge in [0.1, 0.15) is 5.75 Å². The van der Waals surface area contributed by atoms with Crippen LogP contribution in [0.3, 0.4) is 0 Å². The van der Waals surface area contributed by atoms with Crippen LogP contribution >= 0.6 is 15.9 Å². The number of ketones is 1. The van der Waals surface area contributed by atoms with Crippen molar-refractivity contribution in [2.24, 2.45) is 0 Å². The Morgan fingerprint density at radius 2 is 1.61 bits per heavy atom. The quantitative estimate of drug-likeness (QED) is 0.0963. The Morgan fingerprint density at radius 1 is 1.00 bits per heavy atom. The number of hydrogen-bond acceptors (Lipinski definition) is 6. The first kappa shape index (κ1) is 30.6. The molecule has 0 unspecified atom stereocenters. The lowest BCUT2D eigenvalue weighted by Crippen LogP contribution is -2.19. The predicted molar refractivity (Wildman–Crippen MR) is 144 cm³/mol. The fourth-order valence-corrected chi connectivity index (χ4v) is 3.34. The zero-order chi connectivity index (χ0) is 26.9. The molecule has 0 aromatic heterocycles. The first-order chi connectivity index (χ1) is 17.1. The predicted octanol–water partition coefficient (Wildman–Crippen LogP) is 5.03. The molecule has 0 spiro atoms. The van der Waals surface area contributed by atoms with Crippen molar-refractivity contribution in [2.45, 2.75) is 25.7 Å². The average molecular weight is 561 g/mol. The van der Waals surface area contributed by atoms with E-state index in [1.165, 1.54) is 12.8 Å². The van der Waals surface area contributed by atoms with Gasteiger partial charge in [0, 0.05) is 46.1 Å². The Bertz CT molecular complexity index is 1020. The second-order valence-corrected chi connectivity index (χ2v) is 8.82. The van der Waals surface area contributed by atoms with Crippen molar-refractivity contribution in [2.75, 3.05) is 32.5 Å². The van der Waals surface area contributed by atoms with Gasteiger partial charge in [-0.05, 0) is 62.8 Å². The number of aliphatic carboxylic acids is 2. The number of ether oxygens (including phenoxy) is 1. The molecule has 0 radical (unpaired) electrons. The molecule has 0 amide bonds. The molecule has 2 aromatic carbocycles. The van der Waals surface area contributed by atoms with Crippen LogP contribution in [-0.4, -0.2) is 59.6 Å². The smallest absolute Gasteiger partial charge is 0.328 e. The Labute approximate surface area is 220 Å². The maximum Gasteiger partial charge on any atom is 0.328 e. The third-order valence-electron chi connectivity index (χ3n) is 4.89. The summed E-state index contributed by atoms with van der Waals surface area (Å²) in [4.78, 5) is 34.0. The van der Waals surface area contributed by atoms with Crippen molar-refractivity contribution in [1.82, 2.24) is 4.90 Å². The number of carboxylic acid groups (broad SMARTS) is 2. The summed E-state index contributed by atoms with van der Waals surface area (Å²) in [6.07, 6.45) is 7.56. The van der Waals surface area contributed by atoms with Crippen molar-refractivity contribution >= 4 is 39.3 Å². The highest BCUT2D eigenvalue weighted by atomic mass is 79.9. The van der Waals surface area contributed by atoms with Gasteiger partial charge in [0.2, 0.25) is 0 Å². The van der Waals surface area contributed by atoms with E-state index in [1.54, 1.807) is 24.3 Å². The van der Waals surface area contributed by atoms with Crippen LogP contribution in [0.5, 0.6) is 5.75 Å². The largest absolute Gasteiger partial charge is 0.494 e. The maximum atomic E-state index is 12.6. The molecule has 0 saturated carbocycles. The number of nitrogens with zero attached hydrogens (tertiary/aromatic N) is 1. The number of unbranched alkanes of at least 4 members (excludes halogenated alkanes) is 3. The molecule has 0 saturated heterocycles. The zero-order valence-corrected chi connectivity index (χ0v) is 21.9. The van der Waals surface area contributed by atoms with E-state index < -0.39 is 11.9 Å².